The summed E-state index contributed by atoms with van der Waals surface area (Å²) >= 11 is 26.2. The van der Waals surface area contributed by atoms with Gasteiger partial charge in [0.25, 0.3) is 30.2 Å². The van der Waals surface area contributed by atoms with Gasteiger partial charge in [-0.1, -0.05) is 28.4 Å². The molecule has 14 aromatic heterocycles. The molecule has 130 heavy (non-hydrogen) atoms. The highest BCUT2D eigenvalue weighted by Gasteiger charge is 2.52. The van der Waals surface area contributed by atoms with Crippen LogP contribution in [-0.4, -0.2) is 165 Å². The number of hydrogen-bond donors (Lipinski definition) is 7. The number of oxazole rings is 4. The summed E-state index contributed by atoms with van der Waals surface area (Å²) in [6.45, 7) is 10.9. The van der Waals surface area contributed by atoms with Crippen LogP contribution in [0.4, 0.5) is 24.1 Å². The molecule has 4 aliphatic heterocycles. The molecule has 38 nitrogen and oxygen atoms in total. The van der Waals surface area contributed by atoms with Crippen molar-refractivity contribution in [3.8, 4) is 57.2 Å². The number of anilines is 4. The van der Waals surface area contributed by atoms with Crippen LogP contribution in [0, 0.1) is 12.3 Å². The van der Waals surface area contributed by atoms with Crippen molar-refractivity contribution < 1.29 is 55.8 Å². The summed E-state index contributed by atoms with van der Waals surface area (Å²) in [5, 5.41) is 35.1. The number of pyridine rings is 2. The highest BCUT2D eigenvalue weighted by atomic mass is 79.9. The summed E-state index contributed by atoms with van der Waals surface area (Å²) < 4.78 is 57.2. The van der Waals surface area contributed by atoms with Crippen LogP contribution in [0.15, 0.2) is 286 Å². The van der Waals surface area contributed by atoms with Gasteiger partial charge in [0.05, 0.1) is 76.9 Å². The number of aromatic nitrogens is 18. The topological polar surface area (TPSA) is 523 Å². The Balaban J connectivity index is 0.000000128. The molecule has 4 aliphatic rings. The molecule has 4 aromatic carbocycles. The first-order chi connectivity index (χ1) is 62.3. The Morgan fingerprint density at radius 2 is 1.06 bits per heavy atom. The van der Waals surface area contributed by atoms with Crippen LogP contribution in [0.1, 0.15) is 34.6 Å². The van der Waals surface area contributed by atoms with Crippen molar-refractivity contribution in [3.05, 3.63) is 254 Å². The van der Waals surface area contributed by atoms with E-state index in [9.17, 15) is 9.36 Å². The first-order valence-corrected chi connectivity index (χ1v) is 44.8. The number of carbonyl (C=O) groups excluding carboxylic acids is 1. The predicted octanol–water partition coefficient (Wildman–Crippen LogP) is 14.5. The van der Waals surface area contributed by atoms with E-state index >= 15 is 0 Å². The first-order valence-electron chi connectivity index (χ1n) is 38.4. The second-order valence-corrected chi connectivity index (χ2v) is 36.6. The minimum Gasteiger partial charge on any atom is -0.456 e. The van der Waals surface area contributed by atoms with Crippen LogP contribution in [0.2, 0.25) is 0 Å². The number of benzene rings is 4. The highest BCUT2D eigenvalue weighted by Crippen LogP contribution is 2.61. The minimum atomic E-state index is -3.22. The summed E-state index contributed by atoms with van der Waals surface area (Å²) in [6, 6.07) is 41.6. The van der Waals surface area contributed by atoms with Crippen molar-refractivity contribution >= 4 is 216 Å². The van der Waals surface area contributed by atoms with E-state index in [4.69, 9.17) is 82.3 Å². The molecule has 12 N–H and O–H groups in total. The van der Waals surface area contributed by atoms with Crippen molar-refractivity contribution in [2.45, 2.75) is 52.0 Å². The molecule has 658 valence electrons. The van der Waals surface area contributed by atoms with Gasteiger partial charge in [-0.05, 0) is 243 Å². The molecular formula is C83H73B2Br2Cl4N27O11P+. The van der Waals surface area contributed by atoms with Gasteiger partial charge in [-0.15, -0.1) is 6.42 Å². The summed E-state index contributed by atoms with van der Waals surface area (Å²) in [5.74, 6) is 1.86. The Hall–Kier alpha value is -14.0. The molecule has 18 heterocycles. The number of aliphatic imine (C=N–C) groups is 2. The Kier molecular flexibility index (Phi) is 30.5. The SMILES string of the molecule is Brc1ccn2nccc2n1.C#CC(=O)OCC.CC1(C)OB(c2ccc3oc(N)nc3c2)OC1(C)C.ClC1=NC2C=CN=[N+]2C=C1.NC1=NCC=C1.Nc1nc2cc(-c3ccn4ncc(-c5ccncc5)c4n3)ccc2o1.Nc1nc2cc(-c3ccn4ncc(Br)c4n3)ccc2o1.Nc1nc2cc(-c3ccn4nccc4n3)ccc2o1.O=P(Cl)(Cl)Cl.OB(O)c1ccncc1. The molecular weight excluding hydrogens is 1910 g/mol. The van der Waals surface area contributed by atoms with Crippen molar-refractivity contribution in [3.63, 3.8) is 0 Å². The molecule has 0 bridgehead atoms. The average molecular weight is 1980 g/mol. The number of halogens is 6. The number of allylic oxidation sites excluding steroid dienone is 1. The van der Waals surface area contributed by atoms with Crippen LogP contribution >= 0.6 is 82.4 Å². The lowest BCUT2D eigenvalue weighted by Gasteiger charge is -2.32. The number of nitrogen functional groups attached to an aromatic ring is 4. The van der Waals surface area contributed by atoms with Crippen LogP contribution < -0.4 is 39.6 Å². The van der Waals surface area contributed by atoms with Gasteiger partial charge in [0.2, 0.25) is 6.20 Å². The minimum absolute atomic E-state index is 0.00231. The standard InChI is InChI=1S/C18H12N6O.C13H17BN2O3.C13H8BrN5O.C13H9N5O.C6H4BrN3.C6H5ClN3.C5H6BNO2.C5H6O2.C4H6N2.Cl3OP/c19-18-23-15-9-12(1-2-16(15)25-18)14-5-8-24-17(22-14)13(10-21-24)11-3-6-20-7-4-11;1-12(2)13(3,4)19-14(18-12)8-5-6-10-9(7-8)16-11(15)17-10;14-8-6-16-19-4-3-9(17-12(8)19)7-1-2-11-10(5-7)18-13(15)20-11;14-13-17-10-7-8(1-2-11(10)19-13)9-4-6-18-12(16-9)3-5-15-18;2*7-5-2-4-10-6(9-5)1-3-8-10;8-6(9)5-1-3-7-4-2-5;1-3-5(6)7-4-2;5-4-2-1-3-6-4;1-5(2,3)4/h1-10H,(H2,19,23);5-7H,1-4H3,(H2,15,16);1-6H,(H2,15,18);1-7H,(H2,14,17);1-4H;1-4,6H;1-4,8-9H;1H,4H2,2H3;1-2H,3H2,(H2,5,6);/q;;;;;+1;;;;. The third-order valence-electron chi connectivity index (χ3n) is 18.6. The number of nitrogens with two attached hydrogens (primary N) is 5. The highest BCUT2D eigenvalue weighted by molar-refractivity contribution is 9.10. The molecule has 0 amide bonds. The molecule has 1 atom stereocenters. The summed E-state index contributed by atoms with van der Waals surface area (Å²) in [4.78, 5) is 60.2. The lowest BCUT2D eigenvalue weighted by atomic mass is 9.79. The predicted molar refractivity (Wildman–Crippen MR) is 505 cm³/mol. The average Bonchev–Trinajstić information content (AvgIpc) is 1.62. The van der Waals surface area contributed by atoms with Gasteiger partial charge in [0, 0.05) is 102 Å². The molecule has 1 saturated heterocycles. The fourth-order valence-corrected chi connectivity index (χ4v) is 12.7. The number of amidine groups is 1. The number of ether oxygens (including phenoxy) is 1. The van der Waals surface area contributed by atoms with E-state index in [0.29, 0.717) is 62.0 Å². The zero-order chi connectivity index (χ0) is 92.4. The molecule has 47 heteroatoms. The number of carbonyl (C=O) groups is 1. The lowest BCUT2D eigenvalue weighted by molar-refractivity contribution is -0.544. The van der Waals surface area contributed by atoms with Crippen molar-refractivity contribution in [1.29, 1.82) is 0 Å². The third-order valence-corrected chi connectivity index (χ3v) is 19.9. The van der Waals surface area contributed by atoms with Crippen LogP contribution in [-0.2, 0) is 23.4 Å². The number of nitrogens with zero attached hydrogens (tertiary/aromatic N) is 22. The maximum Gasteiger partial charge on any atom is 0.494 e. The number of rotatable bonds is 7. The number of fused-ring (bicyclic) bond motifs is 9. The number of azo groups is 2. The van der Waals surface area contributed by atoms with Gasteiger partial charge in [-0.2, -0.15) is 45.3 Å². The van der Waals surface area contributed by atoms with Gasteiger partial charge >= 0.3 is 25.4 Å². The maximum atomic E-state index is 9.95. The fourth-order valence-electron chi connectivity index (χ4n) is 11.9. The molecule has 0 radical (unpaired) electrons. The van der Waals surface area contributed by atoms with Gasteiger partial charge in [0.15, 0.2) is 44.9 Å². The van der Waals surface area contributed by atoms with E-state index in [1.165, 1.54) is 12.4 Å². The Morgan fingerprint density at radius 1 is 0.592 bits per heavy atom. The van der Waals surface area contributed by atoms with Crippen molar-refractivity contribution in [2.75, 3.05) is 36.1 Å². The zero-order valence-electron chi connectivity index (χ0n) is 68.8. The van der Waals surface area contributed by atoms with Gasteiger partial charge in [-0.3, -0.25) is 19.5 Å². The largest absolute Gasteiger partial charge is 0.494 e. The molecule has 1 fully saturated rings. The smallest absolute Gasteiger partial charge is 0.456 e. The number of hydrogen-bond acceptors (Lipinski definition) is 33. The lowest BCUT2D eigenvalue weighted by Crippen LogP contribution is -2.41. The summed E-state index contributed by atoms with van der Waals surface area (Å²) in [6.07, 6.45) is 36.5. The van der Waals surface area contributed by atoms with Gasteiger partial charge < -0.3 is 70.4 Å². The number of esters is 1. The second kappa shape index (κ2) is 42.3. The van der Waals surface area contributed by atoms with Gasteiger partial charge in [-0.25, -0.2) is 42.8 Å². The van der Waals surface area contributed by atoms with Crippen molar-refractivity contribution in [1.82, 2.24) is 88.3 Å². The molecule has 0 spiro atoms. The summed E-state index contributed by atoms with van der Waals surface area (Å²) in [7, 11) is -1.78. The quantitative estimate of drug-likeness (QED) is 0.0148. The first kappa shape index (κ1) is 93.7. The Labute approximate surface area is 774 Å². The van der Waals surface area contributed by atoms with E-state index in [2.05, 4.69) is 157 Å². The Bertz CT molecular complexity index is 7330. The van der Waals surface area contributed by atoms with Crippen LogP contribution in [0.25, 0.3) is 112 Å². The second-order valence-electron chi connectivity index (χ2n) is 28.0. The van der Waals surface area contributed by atoms with Crippen LogP contribution in [0.5, 0.6) is 0 Å². The zero-order valence-corrected chi connectivity index (χ0v) is 75.9. The fraction of sp³-hybridized carbons (Fsp3) is 0.120. The maximum absolute atomic E-state index is 9.95. The van der Waals surface area contributed by atoms with Crippen LogP contribution in [0.3, 0.4) is 0 Å². The van der Waals surface area contributed by atoms with E-state index < -0.39 is 25.4 Å². The molecule has 18 aromatic rings. The summed E-state index contributed by atoms with van der Waals surface area (Å²) in [5.41, 5.74) is 44.2. The Morgan fingerprint density at radius 3 is 1.54 bits per heavy atom. The normalized spacial score (nSPS) is 14.0. The monoisotopic (exact) mass is 1970 g/mol. The molecule has 22 rings (SSSR count). The van der Waals surface area contributed by atoms with E-state index in [0.717, 1.165) is 94.1 Å². The van der Waals surface area contributed by atoms with E-state index in [-0.39, 0.29) is 41.4 Å². The van der Waals surface area contributed by atoms with E-state index in [1.54, 1.807) is 103 Å². The molecule has 1 unspecified atom stereocenters. The van der Waals surface area contributed by atoms with E-state index in [1.807, 2.05) is 192 Å². The number of terminal acetylenes is 1. The van der Waals surface area contributed by atoms with Crippen molar-refractivity contribution in [2.24, 2.45) is 20.8 Å². The third kappa shape index (κ3) is 24.9. The molecule has 0 aliphatic carbocycles. The van der Waals surface area contributed by atoms with Gasteiger partial charge in [0.1, 0.15) is 37.7 Å². The molecule has 0 saturated carbocycles.